The fraction of sp³-hybridized carbons (Fsp3) is 0.136. The Balaban J connectivity index is 2.02. The van der Waals surface area contributed by atoms with Crippen molar-refractivity contribution in [2.24, 2.45) is 0 Å². The smallest absolute Gasteiger partial charge is 0.416 e. The maximum Gasteiger partial charge on any atom is 0.416 e. The molecule has 1 aromatic carbocycles. The molecular weight excluding hydrogens is 397 g/mol. The van der Waals surface area contributed by atoms with Crippen molar-refractivity contribution in [1.82, 2.24) is 4.90 Å². The summed E-state index contributed by atoms with van der Waals surface area (Å²) in [6.45, 7) is 4.91. The van der Waals surface area contributed by atoms with E-state index in [4.69, 9.17) is 4.42 Å². The van der Waals surface area contributed by atoms with Crippen LogP contribution < -0.4 is 0 Å². The van der Waals surface area contributed by atoms with Crippen LogP contribution in [-0.2, 0) is 15.8 Å². The van der Waals surface area contributed by atoms with Gasteiger partial charge in [-0.2, -0.15) is 18.4 Å². The standard InChI is InChI=1S/C22H15F3N2O3/c1-3-9-27-20(28)17(13(2)18(12-26)21(27)29)11-16-7-8-19(30-16)14-5-4-6-15(10-14)22(23,24)25/h3-8,10-11H,1,9H2,2H3/b17-11-. The van der Waals surface area contributed by atoms with Gasteiger partial charge in [0, 0.05) is 17.7 Å². The average molecular weight is 412 g/mol. The van der Waals surface area contributed by atoms with Crippen LogP contribution in [-0.4, -0.2) is 23.3 Å². The molecule has 2 aromatic rings. The van der Waals surface area contributed by atoms with Crippen LogP contribution in [0.15, 0.2) is 70.2 Å². The molecule has 0 N–H and O–H groups in total. The fourth-order valence-electron chi connectivity index (χ4n) is 3.00. The summed E-state index contributed by atoms with van der Waals surface area (Å²) in [5.74, 6) is -0.956. The molecule has 0 saturated carbocycles. The number of halogens is 3. The van der Waals surface area contributed by atoms with Crippen molar-refractivity contribution in [3.8, 4) is 17.4 Å². The molecule has 0 radical (unpaired) electrons. The van der Waals surface area contributed by atoms with Crippen molar-refractivity contribution in [3.05, 3.63) is 77.1 Å². The lowest BCUT2D eigenvalue weighted by Gasteiger charge is -2.26. The molecule has 8 heteroatoms. The first kappa shape index (κ1) is 20.9. The molecule has 0 bridgehead atoms. The van der Waals surface area contributed by atoms with Gasteiger partial charge in [0.2, 0.25) is 0 Å². The number of imide groups is 1. The van der Waals surface area contributed by atoms with Gasteiger partial charge in [0.15, 0.2) is 0 Å². The number of hydrogen-bond donors (Lipinski definition) is 0. The highest BCUT2D eigenvalue weighted by atomic mass is 19.4. The van der Waals surface area contributed by atoms with Crippen molar-refractivity contribution in [1.29, 1.82) is 5.26 Å². The summed E-state index contributed by atoms with van der Waals surface area (Å²) in [4.78, 5) is 25.9. The molecule has 2 heterocycles. The molecule has 1 aliphatic rings. The zero-order valence-corrected chi connectivity index (χ0v) is 15.8. The average Bonchev–Trinajstić information content (AvgIpc) is 3.17. The summed E-state index contributed by atoms with van der Waals surface area (Å²) < 4.78 is 44.4. The molecule has 3 rings (SSSR count). The fourth-order valence-corrected chi connectivity index (χ4v) is 3.00. The molecule has 0 atom stereocenters. The molecule has 0 spiro atoms. The van der Waals surface area contributed by atoms with E-state index in [9.17, 15) is 28.0 Å². The highest BCUT2D eigenvalue weighted by molar-refractivity contribution is 6.19. The van der Waals surface area contributed by atoms with Gasteiger partial charge in [0.05, 0.1) is 5.56 Å². The molecule has 0 unspecified atom stereocenters. The predicted molar refractivity (Wildman–Crippen MR) is 102 cm³/mol. The molecule has 2 amide bonds. The summed E-state index contributed by atoms with van der Waals surface area (Å²) >= 11 is 0. The van der Waals surface area contributed by atoms with Gasteiger partial charge in [0.1, 0.15) is 23.2 Å². The Morgan fingerprint density at radius 3 is 2.57 bits per heavy atom. The van der Waals surface area contributed by atoms with Crippen molar-refractivity contribution in [3.63, 3.8) is 0 Å². The summed E-state index contributed by atoms with van der Waals surface area (Å²) in [6.07, 6.45) is -1.77. The number of furan rings is 1. The van der Waals surface area contributed by atoms with E-state index in [-0.39, 0.29) is 40.3 Å². The van der Waals surface area contributed by atoms with E-state index in [0.29, 0.717) is 0 Å². The monoisotopic (exact) mass is 412 g/mol. The van der Waals surface area contributed by atoms with Crippen LogP contribution in [0, 0.1) is 11.3 Å². The molecule has 0 fully saturated rings. The number of nitrogens with zero attached hydrogens (tertiary/aromatic N) is 2. The van der Waals surface area contributed by atoms with E-state index in [1.807, 2.05) is 0 Å². The minimum atomic E-state index is -4.49. The van der Waals surface area contributed by atoms with Gasteiger partial charge >= 0.3 is 6.18 Å². The summed E-state index contributed by atoms with van der Waals surface area (Å²) in [7, 11) is 0. The highest BCUT2D eigenvalue weighted by Gasteiger charge is 2.35. The minimum absolute atomic E-state index is 0.0683. The zero-order chi connectivity index (χ0) is 22.1. The SMILES string of the molecule is C=CCN1C(=O)C(C#N)=C(C)/C(=C/c2ccc(-c3cccc(C(F)(F)F)c3)o2)C1=O. The van der Waals surface area contributed by atoms with Crippen LogP contribution in [0.3, 0.4) is 0 Å². The van der Waals surface area contributed by atoms with E-state index in [1.165, 1.54) is 43.3 Å². The van der Waals surface area contributed by atoms with Crippen LogP contribution in [0.5, 0.6) is 0 Å². The van der Waals surface area contributed by atoms with E-state index in [1.54, 1.807) is 6.07 Å². The van der Waals surface area contributed by atoms with Crippen molar-refractivity contribution >= 4 is 17.9 Å². The van der Waals surface area contributed by atoms with Crippen LogP contribution >= 0.6 is 0 Å². The number of nitriles is 1. The van der Waals surface area contributed by atoms with Crippen LogP contribution in [0.4, 0.5) is 13.2 Å². The molecule has 0 saturated heterocycles. The number of carbonyl (C=O) groups is 2. The van der Waals surface area contributed by atoms with Crippen molar-refractivity contribution in [2.75, 3.05) is 6.54 Å². The Hall–Kier alpha value is -3.86. The van der Waals surface area contributed by atoms with E-state index < -0.39 is 23.6 Å². The second kappa shape index (κ2) is 7.87. The number of benzene rings is 1. The molecule has 5 nitrogen and oxygen atoms in total. The van der Waals surface area contributed by atoms with Crippen LogP contribution in [0.2, 0.25) is 0 Å². The minimum Gasteiger partial charge on any atom is -0.457 e. The predicted octanol–water partition coefficient (Wildman–Crippen LogP) is 4.74. The highest BCUT2D eigenvalue weighted by Crippen LogP contribution is 2.33. The molecule has 30 heavy (non-hydrogen) atoms. The maximum atomic E-state index is 12.9. The first-order valence-corrected chi connectivity index (χ1v) is 8.75. The first-order valence-electron chi connectivity index (χ1n) is 8.75. The lowest BCUT2D eigenvalue weighted by Crippen LogP contribution is -2.42. The van der Waals surface area contributed by atoms with E-state index in [2.05, 4.69) is 6.58 Å². The van der Waals surface area contributed by atoms with Gasteiger partial charge < -0.3 is 4.42 Å². The van der Waals surface area contributed by atoms with Crippen LogP contribution in [0.25, 0.3) is 17.4 Å². The lowest BCUT2D eigenvalue weighted by atomic mass is 9.94. The molecule has 152 valence electrons. The van der Waals surface area contributed by atoms with Gasteiger partial charge in [-0.3, -0.25) is 14.5 Å². The second-order valence-electron chi connectivity index (χ2n) is 6.46. The van der Waals surface area contributed by atoms with Crippen LogP contribution in [0.1, 0.15) is 18.2 Å². The number of carbonyl (C=O) groups excluding carboxylic acids is 2. The molecular formula is C22H15F3N2O3. The third kappa shape index (κ3) is 3.82. The number of hydrogen-bond acceptors (Lipinski definition) is 4. The van der Waals surface area contributed by atoms with Gasteiger partial charge in [-0.15, -0.1) is 6.58 Å². The van der Waals surface area contributed by atoms with Gasteiger partial charge in [-0.1, -0.05) is 18.2 Å². The largest absolute Gasteiger partial charge is 0.457 e. The molecule has 0 aliphatic carbocycles. The van der Waals surface area contributed by atoms with Gasteiger partial charge in [-0.25, -0.2) is 0 Å². The van der Waals surface area contributed by atoms with Crippen molar-refractivity contribution < 1.29 is 27.2 Å². The summed E-state index contributed by atoms with van der Waals surface area (Å²) in [6, 6.07) is 9.44. The normalized spacial score (nSPS) is 16.2. The van der Waals surface area contributed by atoms with E-state index >= 15 is 0 Å². The lowest BCUT2D eigenvalue weighted by molar-refractivity contribution is -0.140. The quantitative estimate of drug-likeness (QED) is 0.413. The Morgan fingerprint density at radius 2 is 1.93 bits per heavy atom. The Morgan fingerprint density at radius 1 is 1.20 bits per heavy atom. The maximum absolute atomic E-state index is 12.9. The Bertz CT molecular complexity index is 1150. The second-order valence-corrected chi connectivity index (χ2v) is 6.46. The van der Waals surface area contributed by atoms with Crippen molar-refractivity contribution in [2.45, 2.75) is 13.1 Å². The number of alkyl halides is 3. The summed E-state index contributed by atoms with van der Waals surface area (Å²) in [5.41, 5.74) is -0.484. The van der Waals surface area contributed by atoms with Gasteiger partial charge in [0.25, 0.3) is 11.8 Å². The topological polar surface area (TPSA) is 74.3 Å². The third-order valence-electron chi connectivity index (χ3n) is 4.52. The molecule has 1 aliphatic heterocycles. The first-order chi connectivity index (χ1) is 14.2. The molecule has 1 aromatic heterocycles. The number of amides is 2. The Labute approximate surface area is 170 Å². The third-order valence-corrected chi connectivity index (χ3v) is 4.52. The number of rotatable bonds is 4. The van der Waals surface area contributed by atoms with Gasteiger partial charge in [-0.05, 0) is 42.8 Å². The Kier molecular flexibility index (Phi) is 5.47. The van der Waals surface area contributed by atoms with E-state index in [0.717, 1.165) is 17.0 Å². The summed E-state index contributed by atoms with van der Waals surface area (Å²) in [5, 5.41) is 9.30. The zero-order valence-electron chi connectivity index (χ0n) is 15.8.